The van der Waals surface area contributed by atoms with Crippen molar-refractivity contribution in [1.82, 2.24) is 4.90 Å². The molecule has 1 aliphatic rings. The maximum absolute atomic E-state index is 11.8. The van der Waals surface area contributed by atoms with Crippen molar-refractivity contribution in [3.05, 3.63) is 29.8 Å². The van der Waals surface area contributed by atoms with Crippen molar-refractivity contribution in [2.75, 3.05) is 13.1 Å². The first-order chi connectivity index (χ1) is 9.61. The van der Waals surface area contributed by atoms with Crippen LogP contribution >= 0.6 is 0 Å². The molecule has 0 unspecified atom stereocenters. The van der Waals surface area contributed by atoms with E-state index in [1.165, 1.54) is 17.0 Å². The molecule has 21 heavy (non-hydrogen) atoms. The highest BCUT2D eigenvalue weighted by molar-refractivity contribution is 6.58. The van der Waals surface area contributed by atoms with E-state index in [1.807, 2.05) is 0 Å². The Morgan fingerprint density at radius 1 is 1.24 bits per heavy atom. The minimum Gasteiger partial charge on any atom is -0.444 e. The van der Waals surface area contributed by atoms with Crippen LogP contribution in [0.2, 0.25) is 0 Å². The van der Waals surface area contributed by atoms with E-state index in [9.17, 15) is 9.90 Å². The molecule has 0 spiro atoms. The highest BCUT2D eigenvalue weighted by Crippen LogP contribution is 2.32. The number of amides is 1. The van der Waals surface area contributed by atoms with Gasteiger partial charge in [0.15, 0.2) is 0 Å². The SMILES string of the molecule is CC(C)(C)OC(=O)N1CC(O)(c2ccc(B(O)O)cc2)C1. The van der Waals surface area contributed by atoms with E-state index in [-0.39, 0.29) is 13.1 Å². The molecule has 7 heteroatoms. The van der Waals surface area contributed by atoms with Crippen LogP contribution in [0.25, 0.3) is 0 Å². The molecule has 1 fully saturated rings. The molecule has 1 saturated heterocycles. The summed E-state index contributed by atoms with van der Waals surface area (Å²) < 4.78 is 5.23. The van der Waals surface area contributed by atoms with Crippen molar-refractivity contribution >= 4 is 18.7 Å². The van der Waals surface area contributed by atoms with Crippen molar-refractivity contribution in [3.8, 4) is 0 Å². The van der Waals surface area contributed by atoms with Gasteiger partial charge >= 0.3 is 13.2 Å². The van der Waals surface area contributed by atoms with Gasteiger partial charge in [0.2, 0.25) is 0 Å². The topological polar surface area (TPSA) is 90.2 Å². The Labute approximate surface area is 124 Å². The summed E-state index contributed by atoms with van der Waals surface area (Å²) in [5, 5.41) is 28.5. The number of ether oxygens (including phenoxy) is 1. The molecule has 1 heterocycles. The van der Waals surface area contributed by atoms with Gasteiger partial charge < -0.3 is 24.8 Å². The van der Waals surface area contributed by atoms with E-state index in [2.05, 4.69) is 0 Å². The van der Waals surface area contributed by atoms with Crippen molar-refractivity contribution < 1.29 is 24.7 Å². The zero-order valence-corrected chi connectivity index (χ0v) is 12.4. The Bertz CT molecular complexity index is 517. The third kappa shape index (κ3) is 3.55. The van der Waals surface area contributed by atoms with Gasteiger partial charge in [0.05, 0.1) is 13.1 Å². The average Bonchev–Trinajstić information content (AvgIpc) is 2.33. The van der Waals surface area contributed by atoms with Crippen molar-refractivity contribution in [2.45, 2.75) is 32.0 Å². The Hall–Kier alpha value is -1.57. The van der Waals surface area contributed by atoms with Crippen LogP contribution in [0.5, 0.6) is 0 Å². The van der Waals surface area contributed by atoms with Crippen LogP contribution in [0.4, 0.5) is 4.79 Å². The summed E-state index contributed by atoms with van der Waals surface area (Å²) in [6, 6.07) is 6.32. The number of carbonyl (C=O) groups excluding carboxylic acids is 1. The second-order valence-electron chi connectivity index (χ2n) is 6.36. The number of hydrogen-bond acceptors (Lipinski definition) is 5. The van der Waals surface area contributed by atoms with Crippen LogP contribution in [-0.4, -0.2) is 52.0 Å². The van der Waals surface area contributed by atoms with E-state index in [4.69, 9.17) is 14.8 Å². The lowest BCUT2D eigenvalue weighted by Gasteiger charge is -2.46. The van der Waals surface area contributed by atoms with Crippen LogP contribution in [0.1, 0.15) is 26.3 Å². The number of likely N-dealkylation sites (tertiary alicyclic amines) is 1. The van der Waals surface area contributed by atoms with Gasteiger partial charge in [0.1, 0.15) is 11.2 Å². The van der Waals surface area contributed by atoms with Crippen molar-refractivity contribution in [3.63, 3.8) is 0 Å². The molecule has 0 aromatic heterocycles. The lowest BCUT2D eigenvalue weighted by atomic mass is 9.78. The maximum Gasteiger partial charge on any atom is 0.488 e. The largest absolute Gasteiger partial charge is 0.488 e. The second kappa shape index (κ2) is 5.33. The smallest absolute Gasteiger partial charge is 0.444 e. The van der Waals surface area contributed by atoms with Crippen LogP contribution in [0, 0.1) is 0 Å². The van der Waals surface area contributed by atoms with E-state index >= 15 is 0 Å². The number of carbonyl (C=O) groups is 1. The molecule has 114 valence electrons. The van der Waals surface area contributed by atoms with Crippen LogP contribution < -0.4 is 5.46 Å². The Morgan fingerprint density at radius 3 is 2.19 bits per heavy atom. The Morgan fingerprint density at radius 2 is 1.76 bits per heavy atom. The number of nitrogens with zero attached hydrogens (tertiary/aromatic N) is 1. The molecule has 1 aromatic carbocycles. The molecular formula is C14H20BNO5. The minimum absolute atomic E-state index is 0.156. The summed E-state index contributed by atoms with van der Waals surface area (Å²) in [4.78, 5) is 13.3. The quantitative estimate of drug-likeness (QED) is 0.657. The van der Waals surface area contributed by atoms with Gasteiger partial charge in [-0.05, 0) is 31.8 Å². The molecule has 6 nitrogen and oxygen atoms in total. The first-order valence-electron chi connectivity index (χ1n) is 6.78. The number of rotatable bonds is 2. The van der Waals surface area contributed by atoms with E-state index < -0.39 is 24.4 Å². The van der Waals surface area contributed by atoms with Gasteiger partial charge in [-0.3, -0.25) is 0 Å². The third-order valence-electron chi connectivity index (χ3n) is 3.30. The Kier molecular flexibility index (Phi) is 4.01. The summed E-state index contributed by atoms with van der Waals surface area (Å²) in [5.41, 5.74) is -0.697. The van der Waals surface area contributed by atoms with Gasteiger partial charge in [-0.2, -0.15) is 0 Å². The van der Waals surface area contributed by atoms with Crippen molar-refractivity contribution in [2.24, 2.45) is 0 Å². The first kappa shape index (κ1) is 15.8. The molecule has 2 rings (SSSR count). The van der Waals surface area contributed by atoms with Crippen LogP contribution in [-0.2, 0) is 10.3 Å². The van der Waals surface area contributed by atoms with E-state index in [0.29, 0.717) is 11.0 Å². The minimum atomic E-state index is -1.53. The molecular weight excluding hydrogens is 273 g/mol. The fourth-order valence-electron chi connectivity index (χ4n) is 2.19. The summed E-state index contributed by atoms with van der Waals surface area (Å²) in [6.07, 6.45) is -0.449. The molecule has 1 aliphatic heterocycles. The van der Waals surface area contributed by atoms with E-state index in [0.717, 1.165) is 0 Å². The monoisotopic (exact) mass is 293 g/mol. The van der Waals surface area contributed by atoms with Gasteiger partial charge in [0.25, 0.3) is 0 Å². The molecule has 0 saturated carbocycles. The summed E-state index contributed by atoms with van der Waals surface area (Å²) >= 11 is 0. The lowest BCUT2D eigenvalue weighted by molar-refractivity contribution is -0.103. The standard InChI is InChI=1S/C14H20BNO5/c1-13(2,3)21-12(17)16-8-14(18,9-16)10-4-6-11(7-5-10)15(19)20/h4-7,18-20H,8-9H2,1-3H3. The molecule has 1 amide bonds. The predicted octanol–water partition coefficient (Wildman–Crippen LogP) is -0.195. The fraction of sp³-hybridized carbons (Fsp3) is 0.500. The highest BCUT2D eigenvalue weighted by atomic mass is 16.6. The Balaban J connectivity index is 1.99. The fourth-order valence-corrected chi connectivity index (χ4v) is 2.19. The molecule has 1 aromatic rings. The predicted molar refractivity (Wildman–Crippen MR) is 78.0 cm³/mol. The van der Waals surface area contributed by atoms with Gasteiger partial charge in [-0.25, -0.2) is 4.79 Å². The first-order valence-corrected chi connectivity index (χ1v) is 6.78. The second-order valence-corrected chi connectivity index (χ2v) is 6.36. The van der Waals surface area contributed by atoms with Gasteiger partial charge in [0, 0.05) is 0 Å². The summed E-state index contributed by atoms with van der Waals surface area (Å²) in [6.45, 7) is 5.67. The lowest BCUT2D eigenvalue weighted by Crippen LogP contribution is -2.62. The molecule has 3 N–H and O–H groups in total. The van der Waals surface area contributed by atoms with Gasteiger partial charge in [-0.1, -0.05) is 24.3 Å². The van der Waals surface area contributed by atoms with Crippen LogP contribution in [0.3, 0.4) is 0 Å². The number of benzene rings is 1. The molecule has 0 bridgehead atoms. The normalized spacial score (nSPS) is 17.1. The van der Waals surface area contributed by atoms with E-state index in [1.54, 1.807) is 32.9 Å². The number of hydrogen-bond donors (Lipinski definition) is 3. The van der Waals surface area contributed by atoms with Crippen LogP contribution in [0.15, 0.2) is 24.3 Å². The summed E-state index contributed by atoms with van der Waals surface area (Å²) in [5.74, 6) is 0. The van der Waals surface area contributed by atoms with Gasteiger partial charge in [-0.15, -0.1) is 0 Å². The maximum atomic E-state index is 11.8. The third-order valence-corrected chi connectivity index (χ3v) is 3.30. The zero-order chi connectivity index (χ0) is 15.8. The zero-order valence-electron chi connectivity index (χ0n) is 12.4. The van der Waals surface area contributed by atoms with Crippen molar-refractivity contribution in [1.29, 1.82) is 0 Å². The number of β-amino-alcohol motifs (C(OH)–C–C–N with tert-alkyl or cyclic N) is 1. The highest BCUT2D eigenvalue weighted by Gasteiger charge is 2.46. The molecule has 0 aliphatic carbocycles. The molecule has 0 radical (unpaired) electrons. The average molecular weight is 293 g/mol. The summed E-state index contributed by atoms with van der Waals surface area (Å²) in [7, 11) is -1.53. The number of aliphatic hydroxyl groups is 1. The molecule has 0 atom stereocenters.